The van der Waals surface area contributed by atoms with Crippen molar-refractivity contribution in [3.8, 4) is 0 Å². The Morgan fingerprint density at radius 2 is 2.32 bits per heavy atom. The summed E-state index contributed by atoms with van der Waals surface area (Å²) in [5.41, 5.74) is 0. The Balaban J connectivity index is 2.52. The van der Waals surface area contributed by atoms with Gasteiger partial charge in [0.25, 0.3) is 0 Å². The van der Waals surface area contributed by atoms with Crippen LogP contribution in [0.25, 0.3) is 6.08 Å². The van der Waals surface area contributed by atoms with Crippen LogP contribution in [-0.4, -0.2) is 36.7 Å². The molecule has 2 N–H and O–H groups in total. The fourth-order valence-corrected chi connectivity index (χ4v) is 2.25. The molecule has 104 valence electrons. The molecular weight excluding hydrogens is 290 g/mol. The summed E-state index contributed by atoms with van der Waals surface area (Å²) in [5.74, 6) is -1.55. The van der Waals surface area contributed by atoms with Crippen LogP contribution in [0.3, 0.4) is 0 Å². The topological polar surface area (TPSA) is 75.6 Å². The minimum Gasteiger partial charge on any atom is -0.480 e. The van der Waals surface area contributed by atoms with Crippen LogP contribution in [0, 0.1) is 0 Å². The third-order valence-corrected chi connectivity index (χ3v) is 3.41. The molecule has 1 aromatic rings. The molecule has 0 fully saturated rings. The first kappa shape index (κ1) is 15.7. The molecule has 0 aromatic carbocycles. The van der Waals surface area contributed by atoms with Crippen molar-refractivity contribution in [2.24, 2.45) is 0 Å². The second-order valence-electron chi connectivity index (χ2n) is 3.66. The second kappa shape index (κ2) is 7.93. The Morgan fingerprint density at radius 1 is 1.58 bits per heavy atom. The van der Waals surface area contributed by atoms with Gasteiger partial charge in [0, 0.05) is 31.1 Å². The molecule has 0 aliphatic carbocycles. The number of ether oxygens (including phenoxy) is 1. The van der Waals surface area contributed by atoms with E-state index in [0.717, 1.165) is 4.88 Å². The number of methoxy groups -OCH3 is 1. The molecule has 0 radical (unpaired) electrons. The number of carboxylic acid groups (broad SMARTS) is 1. The van der Waals surface area contributed by atoms with Crippen molar-refractivity contribution < 1.29 is 19.4 Å². The maximum atomic E-state index is 11.6. The number of halogens is 1. The largest absolute Gasteiger partial charge is 0.480 e. The smallest absolute Gasteiger partial charge is 0.326 e. The lowest BCUT2D eigenvalue weighted by Gasteiger charge is -2.12. The molecule has 1 rings (SSSR count). The van der Waals surface area contributed by atoms with Gasteiger partial charge in [0.15, 0.2) is 0 Å². The number of carboxylic acids is 1. The van der Waals surface area contributed by atoms with E-state index in [0.29, 0.717) is 4.34 Å². The number of carbonyl (C=O) groups excluding carboxylic acids is 1. The van der Waals surface area contributed by atoms with Crippen molar-refractivity contribution >= 4 is 40.9 Å². The van der Waals surface area contributed by atoms with Crippen LogP contribution in [0.4, 0.5) is 0 Å². The van der Waals surface area contributed by atoms with Gasteiger partial charge in [0.1, 0.15) is 6.04 Å². The van der Waals surface area contributed by atoms with Crippen LogP contribution in [0.5, 0.6) is 0 Å². The maximum Gasteiger partial charge on any atom is 0.326 e. The molecule has 0 saturated carbocycles. The lowest BCUT2D eigenvalue weighted by molar-refractivity contribution is -0.141. The Morgan fingerprint density at radius 3 is 2.84 bits per heavy atom. The van der Waals surface area contributed by atoms with Gasteiger partial charge < -0.3 is 15.2 Å². The van der Waals surface area contributed by atoms with Crippen LogP contribution in [0.1, 0.15) is 11.3 Å². The van der Waals surface area contributed by atoms with E-state index >= 15 is 0 Å². The van der Waals surface area contributed by atoms with Gasteiger partial charge in [-0.3, -0.25) is 4.79 Å². The third kappa shape index (κ3) is 5.87. The molecule has 0 saturated heterocycles. The predicted molar refractivity (Wildman–Crippen MR) is 74.4 cm³/mol. The van der Waals surface area contributed by atoms with Crippen LogP contribution in [0.2, 0.25) is 4.34 Å². The highest BCUT2D eigenvalue weighted by molar-refractivity contribution is 7.17. The highest BCUT2D eigenvalue weighted by Gasteiger charge is 2.18. The van der Waals surface area contributed by atoms with Crippen LogP contribution in [0.15, 0.2) is 18.2 Å². The van der Waals surface area contributed by atoms with Gasteiger partial charge in [-0.2, -0.15) is 0 Å². The lowest BCUT2D eigenvalue weighted by atomic mass is 10.2. The molecule has 0 aliphatic rings. The average molecular weight is 304 g/mol. The summed E-state index contributed by atoms with van der Waals surface area (Å²) in [6, 6.07) is 2.54. The molecule has 1 aromatic heterocycles. The lowest BCUT2D eigenvalue weighted by Crippen LogP contribution is -2.40. The van der Waals surface area contributed by atoms with Gasteiger partial charge in [-0.15, -0.1) is 11.3 Å². The number of hydrogen-bond donors (Lipinski definition) is 2. The number of rotatable bonds is 7. The van der Waals surface area contributed by atoms with Crippen LogP contribution >= 0.6 is 22.9 Å². The average Bonchev–Trinajstić information content (AvgIpc) is 2.77. The summed E-state index contributed by atoms with van der Waals surface area (Å²) in [7, 11) is 1.47. The Hall–Kier alpha value is -1.37. The minimum absolute atomic E-state index is 0.218. The van der Waals surface area contributed by atoms with E-state index < -0.39 is 17.9 Å². The molecule has 1 heterocycles. The Bertz CT molecular complexity index is 472. The summed E-state index contributed by atoms with van der Waals surface area (Å²) >= 11 is 7.08. The molecular formula is C12H14ClNO4S. The molecule has 5 nitrogen and oxygen atoms in total. The fraction of sp³-hybridized carbons (Fsp3) is 0.333. The summed E-state index contributed by atoms with van der Waals surface area (Å²) in [5, 5.41) is 11.3. The van der Waals surface area contributed by atoms with E-state index in [1.54, 1.807) is 18.2 Å². The first-order valence-corrected chi connectivity index (χ1v) is 6.68. The molecule has 1 amide bonds. The molecule has 1 atom stereocenters. The van der Waals surface area contributed by atoms with E-state index in [9.17, 15) is 9.59 Å². The van der Waals surface area contributed by atoms with Crippen molar-refractivity contribution in [3.63, 3.8) is 0 Å². The van der Waals surface area contributed by atoms with E-state index in [1.165, 1.54) is 24.5 Å². The van der Waals surface area contributed by atoms with E-state index in [1.807, 2.05) is 0 Å². The zero-order valence-corrected chi connectivity index (χ0v) is 11.8. The molecule has 0 aliphatic heterocycles. The van der Waals surface area contributed by atoms with Crippen molar-refractivity contribution in [2.75, 3.05) is 13.7 Å². The van der Waals surface area contributed by atoms with Crippen LogP contribution < -0.4 is 5.32 Å². The van der Waals surface area contributed by atoms with Gasteiger partial charge in [-0.25, -0.2) is 4.79 Å². The van der Waals surface area contributed by atoms with Crippen molar-refractivity contribution in [2.45, 2.75) is 12.5 Å². The van der Waals surface area contributed by atoms with Crippen molar-refractivity contribution in [1.82, 2.24) is 5.32 Å². The zero-order valence-electron chi connectivity index (χ0n) is 10.3. The van der Waals surface area contributed by atoms with Gasteiger partial charge in [0.2, 0.25) is 5.91 Å². The minimum atomic E-state index is -1.09. The Labute approximate surface area is 119 Å². The van der Waals surface area contributed by atoms with E-state index in [2.05, 4.69) is 5.32 Å². The molecule has 19 heavy (non-hydrogen) atoms. The van der Waals surface area contributed by atoms with Gasteiger partial charge in [-0.05, 0) is 18.2 Å². The summed E-state index contributed by atoms with van der Waals surface area (Å²) in [6.45, 7) is 0.265. The fourth-order valence-electron chi connectivity index (χ4n) is 1.29. The number of aliphatic carboxylic acids is 1. The molecule has 0 bridgehead atoms. The quantitative estimate of drug-likeness (QED) is 0.756. The molecule has 7 heteroatoms. The molecule has 0 spiro atoms. The van der Waals surface area contributed by atoms with Crippen molar-refractivity contribution in [1.29, 1.82) is 0 Å². The monoisotopic (exact) mass is 303 g/mol. The highest BCUT2D eigenvalue weighted by Crippen LogP contribution is 2.22. The summed E-state index contributed by atoms with van der Waals surface area (Å²) < 4.78 is 5.42. The highest BCUT2D eigenvalue weighted by atomic mass is 35.5. The van der Waals surface area contributed by atoms with Gasteiger partial charge in [-0.1, -0.05) is 11.6 Å². The zero-order chi connectivity index (χ0) is 14.3. The van der Waals surface area contributed by atoms with E-state index in [-0.39, 0.29) is 13.0 Å². The van der Waals surface area contributed by atoms with Gasteiger partial charge >= 0.3 is 5.97 Å². The second-order valence-corrected chi connectivity index (χ2v) is 5.40. The van der Waals surface area contributed by atoms with Gasteiger partial charge in [0.05, 0.1) is 4.34 Å². The predicted octanol–water partition coefficient (Wildman–Crippen LogP) is 2.02. The number of hydrogen-bond acceptors (Lipinski definition) is 4. The summed E-state index contributed by atoms with van der Waals surface area (Å²) in [4.78, 5) is 23.3. The third-order valence-electron chi connectivity index (χ3n) is 2.22. The van der Waals surface area contributed by atoms with E-state index in [4.69, 9.17) is 21.4 Å². The van der Waals surface area contributed by atoms with Crippen molar-refractivity contribution in [3.05, 3.63) is 27.4 Å². The summed E-state index contributed by atoms with van der Waals surface area (Å²) in [6.07, 6.45) is 3.09. The Kier molecular flexibility index (Phi) is 6.55. The number of thiophene rings is 1. The van der Waals surface area contributed by atoms with Crippen LogP contribution in [-0.2, 0) is 14.3 Å². The number of amides is 1. The maximum absolute atomic E-state index is 11.6. The number of nitrogens with one attached hydrogen (secondary N) is 1. The standard InChI is InChI=1S/C12H14ClNO4S/c1-18-7-6-9(12(16)17)14-11(15)5-3-8-2-4-10(13)19-8/h2-5,9H,6-7H2,1H3,(H,14,15)(H,16,17)/b5-3+. The first-order valence-electron chi connectivity index (χ1n) is 5.48. The SMILES string of the molecule is COCCC(NC(=O)/C=C/c1ccc(Cl)s1)C(=O)O. The number of carbonyl (C=O) groups is 2. The normalized spacial score (nSPS) is 12.5. The first-order chi connectivity index (χ1) is 9.02. The molecule has 1 unspecified atom stereocenters.